The molecule has 0 aromatic carbocycles. The molecule has 3 N–H and O–H groups in total. The zero-order chi connectivity index (χ0) is 14.8. The van der Waals surface area contributed by atoms with E-state index in [1.165, 1.54) is 7.11 Å². The van der Waals surface area contributed by atoms with Gasteiger partial charge in [-0.1, -0.05) is 13.8 Å². The fraction of sp³-hybridized carbons (Fsp3) is 0.750. The largest absolute Gasteiger partial charge is 0.481 e. The first kappa shape index (κ1) is 17.2. The highest BCUT2D eigenvalue weighted by Gasteiger charge is 2.23. The summed E-state index contributed by atoms with van der Waals surface area (Å²) < 4.78 is 4.46. The third kappa shape index (κ3) is 8.01. The molecule has 0 aliphatic heterocycles. The first-order valence-electron chi connectivity index (χ1n) is 6.22. The number of carboxylic acid groups (broad SMARTS) is 1. The van der Waals surface area contributed by atoms with E-state index in [2.05, 4.69) is 15.4 Å². The molecule has 0 spiro atoms. The molecule has 0 rings (SSSR count). The van der Waals surface area contributed by atoms with E-state index in [4.69, 9.17) is 5.11 Å². The Balaban J connectivity index is 4.05. The van der Waals surface area contributed by atoms with Gasteiger partial charge in [0.15, 0.2) is 0 Å². The highest BCUT2D eigenvalue weighted by atomic mass is 16.5. The summed E-state index contributed by atoms with van der Waals surface area (Å²) in [6.45, 7) is 4.01. The van der Waals surface area contributed by atoms with Gasteiger partial charge in [0.05, 0.1) is 7.11 Å². The van der Waals surface area contributed by atoms with Gasteiger partial charge in [-0.3, -0.25) is 9.59 Å². The first-order chi connectivity index (χ1) is 8.88. The number of hydrogen-bond acceptors (Lipinski definition) is 4. The number of carbonyl (C=O) groups is 3. The van der Waals surface area contributed by atoms with Crippen LogP contribution >= 0.6 is 0 Å². The summed E-state index contributed by atoms with van der Waals surface area (Å²) in [5.74, 6) is -1.22. The Kier molecular flexibility index (Phi) is 8.32. The Morgan fingerprint density at radius 1 is 1.21 bits per heavy atom. The van der Waals surface area contributed by atoms with Crippen LogP contribution < -0.4 is 10.6 Å². The van der Waals surface area contributed by atoms with E-state index < -0.39 is 18.1 Å². The van der Waals surface area contributed by atoms with Crippen LogP contribution in [0.15, 0.2) is 0 Å². The minimum atomic E-state index is -0.848. The lowest BCUT2D eigenvalue weighted by Gasteiger charge is -2.20. The lowest BCUT2D eigenvalue weighted by atomic mass is 10.0. The second-order valence-corrected chi connectivity index (χ2v) is 4.50. The summed E-state index contributed by atoms with van der Waals surface area (Å²) in [4.78, 5) is 33.2. The zero-order valence-electron chi connectivity index (χ0n) is 11.6. The minimum absolute atomic E-state index is 0.0712. The summed E-state index contributed by atoms with van der Waals surface area (Å²) in [6.07, 6.45) is 0.525. The Hall–Kier alpha value is -1.79. The maximum atomic E-state index is 11.8. The third-order valence-electron chi connectivity index (χ3n) is 2.52. The topological polar surface area (TPSA) is 105 Å². The Bertz CT molecular complexity index is 317. The van der Waals surface area contributed by atoms with Gasteiger partial charge in [-0.2, -0.15) is 0 Å². The molecule has 7 heteroatoms. The monoisotopic (exact) mass is 274 g/mol. The van der Waals surface area contributed by atoms with Crippen LogP contribution in [0.4, 0.5) is 4.79 Å². The number of amides is 2. The molecule has 110 valence electrons. The number of methoxy groups -OCH3 is 1. The summed E-state index contributed by atoms with van der Waals surface area (Å²) in [7, 11) is 1.23. The van der Waals surface area contributed by atoms with Crippen LogP contribution in [0.2, 0.25) is 0 Å². The van der Waals surface area contributed by atoms with E-state index in [-0.39, 0.29) is 18.2 Å². The average molecular weight is 274 g/mol. The van der Waals surface area contributed by atoms with Gasteiger partial charge >= 0.3 is 12.1 Å². The number of unbranched alkanes of at least 4 members (excludes halogenated alkanes) is 1. The van der Waals surface area contributed by atoms with Crippen molar-refractivity contribution in [3.8, 4) is 0 Å². The van der Waals surface area contributed by atoms with Crippen molar-refractivity contribution in [1.29, 1.82) is 0 Å². The van der Waals surface area contributed by atoms with E-state index in [1.807, 2.05) is 13.8 Å². The van der Waals surface area contributed by atoms with Gasteiger partial charge in [0.1, 0.15) is 6.04 Å². The predicted octanol–water partition coefficient (Wildman–Crippen LogP) is 0.738. The maximum Gasteiger partial charge on any atom is 0.407 e. The van der Waals surface area contributed by atoms with Crippen molar-refractivity contribution in [2.45, 2.75) is 39.2 Å². The molecule has 1 atom stereocenters. The molecule has 0 saturated heterocycles. The molecule has 0 radical (unpaired) electrons. The molecular formula is C12H22N2O5. The SMILES string of the molecule is COC(=O)N[C@H](C(=O)NCCCCC(=O)O)C(C)C. The smallest absolute Gasteiger partial charge is 0.407 e. The van der Waals surface area contributed by atoms with E-state index in [0.717, 1.165) is 0 Å². The zero-order valence-corrected chi connectivity index (χ0v) is 11.6. The highest BCUT2D eigenvalue weighted by molar-refractivity contribution is 5.85. The number of ether oxygens (including phenoxy) is 1. The molecule has 2 amide bonds. The second kappa shape index (κ2) is 9.18. The number of alkyl carbamates (subject to hydrolysis) is 1. The lowest BCUT2D eigenvalue weighted by molar-refractivity contribution is -0.137. The summed E-state index contributed by atoms with van der Waals surface area (Å²) in [6, 6.07) is -0.660. The molecule has 0 saturated carbocycles. The Morgan fingerprint density at radius 2 is 1.84 bits per heavy atom. The molecule has 0 bridgehead atoms. The highest BCUT2D eigenvalue weighted by Crippen LogP contribution is 2.02. The molecule has 0 heterocycles. The third-order valence-corrected chi connectivity index (χ3v) is 2.52. The summed E-state index contributed by atoms with van der Waals surface area (Å²) in [5, 5.41) is 13.6. The van der Waals surface area contributed by atoms with Crippen LogP contribution in [0.25, 0.3) is 0 Å². The van der Waals surface area contributed by atoms with Gasteiger partial charge in [-0.15, -0.1) is 0 Å². The van der Waals surface area contributed by atoms with E-state index in [0.29, 0.717) is 19.4 Å². The van der Waals surface area contributed by atoms with Crippen molar-refractivity contribution in [3.05, 3.63) is 0 Å². The first-order valence-corrected chi connectivity index (χ1v) is 6.22. The van der Waals surface area contributed by atoms with E-state index >= 15 is 0 Å². The molecule has 0 unspecified atom stereocenters. The molecule has 0 aliphatic carbocycles. The van der Waals surface area contributed by atoms with Crippen LogP contribution in [-0.2, 0) is 14.3 Å². The molecule has 0 aromatic heterocycles. The van der Waals surface area contributed by atoms with Crippen LogP contribution in [0.1, 0.15) is 33.1 Å². The summed E-state index contributed by atoms with van der Waals surface area (Å²) >= 11 is 0. The number of nitrogens with one attached hydrogen (secondary N) is 2. The molecule has 7 nitrogen and oxygen atoms in total. The van der Waals surface area contributed by atoms with Crippen molar-refractivity contribution < 1.29 is 24.2 Å². The van der Waals surface area contributed by atoms with Crippen LogP contribution in [-0.4, -0.2) is 42.8 Å². The fourth-order valence-corrected chi connectivity index (χ4v) is 1.44. The van der Waals surface area contributed by atoms with Gasteiger partial charge in [0.25, 0.3) is 0 Å². The van der Waals surface area contributed by atoms with E-state index in [9.17, 15) is 14.4 Å². The van der Waals surface area contributed by atoms with E-state index in [1.54, 1.807) is 0 Å². The molecule has 19 heavy (non-hydrogen) atoms. The average Bonchev–Trinajstić information content (AvgIpc) is 2.34. The van der Waals surface area contributed by atoms with Crippen molar-refractivity contribution in [2.24, 2.45) is 5.92 Å². The van der Waals surface area contributed by atoms with Crippen molar-refractivity contribution in [3.63, 3.8) is 0 Å². The maximum absolute atomic E-state index is 11.8. The number of carboxylic acids is 1. The summed E-state index contributed by atoms with van der Waals surface area (Å²) in [5.41, 5.74) is 0. The van der Waals surface area contributed by atoms with Crippen LogP contribution in [0.5, 0.6) is 0 Å². The van der Waals surface area contributed by atoms with Crippen molar-refractivity contribution in [2.75, 3.05) is 13.7 Å². The van der Waals surface area contributed by atoms with Crippen molar-refractivity contribution >= 4 is 18.0 Å². The minimum Gasteiger partial charge on any atom is -0.481 e. The van der Waals surface area contributed by atoms with Crippen molar-refractivity contribution in [1.82, 2.24) is 10.6 Å². The van der Waals surface area contributed by atoms with Gasteiger partial charge in [-0.25, -0.2) is 4.79 Å². The van der Waals surface area contributed by atoms with Gasteiger partial charge in [-0.05, 0) is 18.8 Å². The molecular weight excluding hydrogens is 252 g/mol. The van der Waals surface area contributed by atoms with Gasteiger partial charge in [0.2, 0.25) is 5.91 Å². The number of aliphatic carboxylic acids is 1. The van der Waals surface area contributed by atoms with Crippen LogP contribution in [0, 0.1) is 5.92 Å². The molecule has 0 aromatic rings. The number of hydrogen-bond donors (Lipinski definition) is 3. The Morgan fingerprint density at radius 3 is 2.32 bits per heavy atom. The second-order valence-electron chi connectivity index (χ2n) is 4.50. The number of carbonyl (C=O) groups excluding carboxylic acids is 2. The van der Waals surface area contributed by atoms with Crippen LogP contribution in [0.3, 0.4) is 0 Å². The molecule has 0 aliphatic rings. The predicted molar refractivity (Wildman–Crippen MR) is 68.7 cm³/mol. The van der Waals surface area contributed by atoms with Gasteiger partial charge < -0.3 is 20.5 Å². The standard InChI is InChI=1S/C12H22N2O5/c1-8(2)10(14-12(18)19-3)11(17)13-7-5-4-6-9(15)16/h8,10H,4-7H2,1-3H3,(H,13,17)(H,14,18)(H,15,16)/t10-/m0/s1. The fourth-order valence-electron chi connectivity index (χ4n) is 1.44. The lowest BCUT2D eigenvalue weighted by Crippen LogP contribution is -2.49. The number of rotatable bonds is 8. The normalized spacial score (nSPS) is 11.8. The quantitative estimate of drug-likeness (QED) is 0.566. The molecule has 0 fully saturated rings. The van der Waals surface area contributed by atoms with Gasteiger partial charge in [0, 0.05) is 13.0 Å². The Labute approximate surface area is 112 Å².